The molecule has 0 saturated carbocycles. The maximum absolute atomic E-state index is 14.1. The van der Waals surface area contributed by atoms with E-state index in [1.54, 1.807) is 34.8 Å². The van der Waals surface area contributed by atoms with Gasteiger partial charge in [-0.1, -0.05) is 29.8 Å². The summed E-state index contributed by atoms with van der Waals surface area (Å²) in [7, 11) is 4.68. The first-order chi connectivity index (χ1) is 18.6. The second-order valence-electron chi connectivity index (χ2n) is 9.45. The standard InChI is InChI=1S/C27H32Cl2N6O4/c1-7-21(36)33-13-17(14-33)34(15(2)3)8-9-35-25-16(12-31-27(30-4)32-25)10-18(26(35)37)22-23(28)19(38-5)11-20(39-6)24(22)29/h7,10-12,15,17H,1,8-9,13-14H2,2-6H3,(H,30,31,32). The summed E-state index contributed by atoms with van der Waals surface area (Å²) in [6, 6.07) is 3.63. The number of nitrogens with one attached hydrogen (secondary N) is 1. The highest BCUT2D eigenvalue weighted by Crippen LogP contribution is 2.45. The number of rotatable bonds is 10. The SMILES string of the molecule is C=CC(=O)N1CC(N(CCn2c(=O)c(-c3c(Cl)c(OC)cc(OC)c3Cl)cc3cnc(NC)nc32)C(C)C)C1. The van der Waals surface area contributed by atoms with E-state index in [2.05, 4.69) is 40.6 Å². The van der Waals surface area contributed by atoms with E-state index in [1.165, 1.54) is 20.3 Å². The molecule has 2 aromatic heterocycles. The first-order valence-corrected chi connectivity index (χ1v) is 13.3. The van der Waals surface area contributed by atoms with Gasteiger partial charge in [0.05, 0.1) is 29.8 Å². The fourth-order valence-corrected chi connectivity index (χ4v) is 5.54. The predicted molar refractivity (Wildman–Crippen MR) is 154 cm³/mol. The van der Waals surface area contributed by atoms with Crippen LogP contribution in [0, 0.1) is 0 Å². The molecular weight excluding hydrogens is 543 g/mol. The average molecular weight is 575 g/mol. The van der Waals surface area contributed by atoms with Crippen molar-refractivity contribution < 1.29 is 14.3 Å². The number of hydrogen-bond donors (Lipinski definition) is 1. The number of anilines is 1. The van der Waals surface area contributed by atoms with Crippen molar-refractivity contribution in [3.63, 3.8) is 0 Å². The molecule has 208 valence electrons. The maximum atomic E-state index is 14.1. The third kappa shape index (κ3) is 5.41. The normalized spacial score (nSPS) is 13.6. The highest BCUT2D eigenvalue weighted by Gasteiger charge is 2.35. The maximum Gasteiger partial charge on any atom is 0.260 e. The number of amides is 1. The van der Waals surface area contributed by atoms with E-state index in [0.717, 1.165) is 0 Å². The summed E-state index contributed by atoms with van der Waals surface area (Å²) in [4.78, 5) is 39.0. The molecular formula is C27H32Cl2N6O4. The van der Waals surface area contributed by atoms with Crippen molar-refractivity contribution in [2.75, 3.05) is 46.2 Å². The Labute approximate surface area is 237 Å². The van der Waals surface area contributed by atoms with Gasteiger partial charge < -0.3 is 19.7 Å². The lowest BCUT2D eigenvalue weighted by Gasteiger charge is -2.46. The van der Waals surface area contributed by atoms with Crippen LogP contribution in [0.3, 0.4) is 0 Å². The molecule has 3 heterocycles. The zero-order valence-electron chi connectivity index (χ0n) is 22.6. The van der Waals surface area contributed by atoms with Gasteiger partial charge in [-0.2, -0.15) is 4.98 Å². The van der Waals surface area contributed by atoms with Crippen molar-refractivity contribution in [1.29, 1.82) is 0 Å². The summed E-state index contributed by atoms with van der Waals surface area (Å²) in [5.74, 6) is 0.968. The molecule has 0 atom stereocenters. The van der Waals surface area contributed by atoms with Crippen LogP contribution in [0.4, 0.5) is 5.95 Å². The van der Waals surface area contributed by atoms with Crippen LogP contribution in [0.5, 0.6) is 11.5 Å². The predicted octanol–water partition coefficient (Wildman–Crippen LogP) is 3.93. The minimum Gasteiger partial charge on any atom is -0.495 e. The zero-order valence-corrected chi connectivity index (χ0v) is 24.1. The summed E-state index contributed by atoms with van der Waals surface area (Å²) < 4.78 is 12.5. The van der Waals surface area contributed by atoms with Crippen LogP contribution in [-0.4, -0.2) is 83.2 Å². The summed E-state index contributed by atoms with van der Waals surface area (Å²) >= 11 is 13.4. The topological polar surface area (TPSA) is 102 Å². The fraction of sp³-hybridized carbons (Fsp3) is 0.407. The zero-order chi connectivity index (χ0) is 28.4. The number of nitrogens with zero attached hydrogens (tertiary/aromatic N) is 5. The smallest absolute Gasteiger partial charge is 0.260 e. The minimum atomic E-state index is -0.317. The van der Waals surface area contributed by atoms with Crippen molar-refractivity contribution in [3.8, 4) is 22.6 Å². The monoisotopic (exact) mass is 574 g/mol. The number of hydrogen-bond acceptors (Lipinski definition) is 8. The van der Waals surface area contributed by atoms with Crippen LogP contribution in [0.2, 0.25) is 10.0 Å². The van der Waals surface area contributed by atoms with Gasteiger partial charge in [0.1, 0.15) is 17.1 Å². The number of aromatic nitrogens is 3. The first-order valence-electron chi connectivity index (χ1n) is 12.5. The Balaban J connectivity index is 1.81. The van der Waals surface area contributed by atoms with Crippen molar-refractivity contribution in [2.24, 2.45) is 0 Å². The van der Waals surface area contributed by atoms with Crippen molar-refractivity contribution in [2.45, 2.75) is 32.5 Å². The van der Waals surface area contributed by atoms with Gasteiger partial charge in [-0.25, -0.2) is 4.98 Å². The molecule has 39 heavy (non-hydrogen) atoms. The molecule has 1 fully saturated rings. The molecule has 10 nitrogen and oxygen atoms in total. The molecule has 1 saturated heterocycles. The molecule has 0 unspecified atom stereocenters. The van der Waals surface area contributed by atoms with Gasteiger partial charge in [0, 0.05) is 68.5 Å². The number of fused-ring (bicyclic) bond motifs is 1. The van der Waals surface area contributed by atoms with E-state index in [0.29, 0.717) is 60.2 Å². The number of halogens is 2. The molecule has 0 aliphatic carbocycles. The quantitative estimate of drug-likeness (QED) is 0.363. The van der Waals surface area contributed by atoms with E-state index in [1.807, 2.05) is 0 Å². The van der Waals surface area contributed by atoms with Crippen LogP contribution in [0.15, 0.2) is 35.8 Å². The second-order valence-corrected chi connectivity index (χ2v) is 10.2. The number of pyridine rings is 1. The number of benzene rings is 1. The number of ether oxygens (including phenoxy) is 2. The molecule has 4 rings (SSSR count). The Kier molecular flexibility index (Phi) is 8.68. The third-order valence-corrected chi connectivity index (χ3v) is 7.71. The lowest BCUT2D eigenvalue weighted by molar-refractivity contribution is -0.133. The van der Waals surface area contributed by atoms with Crippen molar-refractivity contribution >= 4 is 46.1 Å². The molecule has 1 aliphatic heterocycles. The summed E-state index contributed by atoms with van der Waals surface area (Å²) in [6.07, 6.45) is 2.98. The lowest BCUT2D eigenvalue weighted by Crippen LogP contribution is -2.62. The number of carbonyl (C=O) groups is 1. The molecule has 3 aromatic rings. The van der Waals surface area contributed by atoms with Gasteiger partial charge in [-0.3, -0.25) is 19.1 Å². The van der Waals surface area contributed by atoms with Gasteiger partial charge in [-0.15, -0.1) is 0 Å². The van der Waals surface area contributed by atoms with Crippen LogP contribution in [0.1, 0.15) is 13.8 Å². The van der Waals surface area contributed by atoms with Gasteiger partial charge in [0.15, 0.2) is 0 Å². The van der Waals surface area contributed by atoms with Crippen LogP contribution in [-0.2, 0) is 11.3 Å². The van der Waals surface area contributed by atoms with Gasteiger partial charge >= 0.3 is 0 Å². The Hall–Kier alpha value is -3.34. The Morgan fingerprint density at radius 3 is 2.41 bits per heavy atom. The summed E-state index contributed by atoms with van der Waals surface area (Å²) in [5, 5.41) is 3.97. The Bertz CT molecular complexity index is 1440. The van der Waals surface area contributed by atoms with Gasteiger partial charge in [-0.05, 0) is 26.0 Å². The number of likely N-dealkylation sites (tertiary alicyclic amines) is 1. The number of carbonyl (C=O) groups excluding carboxylic acids is 1. The number of methoxy groups -OCH3 is 2. The van der Waals surface area contributed by atoms with E-state index in [4.69, 9.17) is 32.7 Å². The van der Waals surface area contributed by atoms with Crippen molar-refractivity contribution in [1.82, 2.24) is 24.3 Å². The van der Waals surface area contributed by atoms with E-state index >= 15 is 0 Å². The molecule has 12 heteroatoms. The fourth-order valence-electron chi connectivity index (χ4n) is 4.84. The van der Waals surface area contributed by atoms with Crippen LogP contribution < -0.4 is 20.3 Å². The molecule has 0 spiro atoms. The average Bonchev–Trinajstić information content (AvgIpc) is 2.90. The van der Waals surface area contributed by atoms with Crippen molar-refractivity contribution in [3.05, 3.63) is 51.4 Å². The Morgan fingerprint density at radius 1 is 1.23 bits per heavy atom. The van der Waals surface area contributed by atoms with Crippen LogP contribution >= 0.6 is 23.2 Å². The van der Waals surface area contributed by atoms with Gasteiger partial charge in [0.2, 0.25) is 11.9 Å². The molecule has 1 N–H and O–H groups in total. The molecule has 1 amide bonds. The second kappa shape index (κ2) is 11.8. The highest BCUT2D eigenvalue weighted by atomic mass is 35.5. The largest absolute Gasteiger partial charge is 0.495 e. The van der Waals surface area contributed by atoms with Gasteiger partial charge in [0.25, 0.3) is 5.56 Å². The summed E-state index contributed by atoms with van der Waals surface area (Å²) in [5.41, 5.74) is 0.748. The summed E-state index contributed by atoms with van der Waals surface area (Å²) in [6.45, 7) is 9.87. The Morgan fingerprint density at radius 2 is 1.87 bits per heavy atom. The highest BCUT2D eigenvalue weighted by molar-refractivity contribution is 6.41. The third-order valence-electron chi connectivity index (χ3n) is 6.96. The molecule has 1 aromatic carbocycles. The lowest BCUT2D eigenvalue weighted by atomic mass is 10.0. The van der Waals surface area contributed by atoms with E-state index in [-0.39, 0.29) is 39.2 Å². The van der Waals surface area contributed by atoms with Crippen LogP contribution in [0.25, 0.3) is 22.2 Å². The molecule has 0 radical (unpaired) electrons. The first kappa shape index (κ1) is 28.7. The van der Waals surface area contributed by atoms with E-state index in [9.17, 15) is 9.59 Å². The molecule has 1 aliphatic rings. The minimum absolute atomic E-state index is 0.0800. The van der Waals surface area contributed by atoms with E-state index < -0.39 is 0 Å². The molecule has 0 bridgehead atoms.